The van der Waals surface area contributed by atoms with E-state index in [1.54, 1.807) is 6.08 Å². The Morgan fingerprint density at radius 2 is 1.80 bits per heavy atom. The molecule has 0 unspecified atom stereocenters. The van der Waals surface area contributed by atoms with Crippen LogP contribution in [0.3, 0.4) is 0 Å². The van der Waals surface area contributed by atoms with Crippen LogP contribution < -0.4 is 5.32 Å². The van der Waals surface area contributed by atoms with Gasteiger partial charge in [0.05, 0.1) is 28.5 Å². The summed E-state index contributed by atoms with van der Waals surface area (Å²) in [5, 5.41) is 6.65. The van der Waals surface area contributed by atoms with Crippen molar-refractivity contribution in [3.8, 4) is 0 Å². The van der Waals surface area contributed by atoms with Gasteiger partial charge in [0.1, 0.15) is 0 Å². The zero-order valence-corrected chi connectivity index (χ0v) is 20.0. The molecule has 2 aromatic carbocycles. The van der Waals surface area contributed by atoms with Crippen LogP contribution in [0.2, 0.25) is 5.02 Å². The second-order valence-electron chi connectivity index (χ2n) is 7.91. The number of esters is 1. The molecular formula is C25H23ClF3N3O3. The van der Waals surface area contributed by atoms with Crippen molar-refractivity contribution in [3.63, 3.8) is 0 Å². The van der Waals surface area contributed by atoms with Gasteiger partial charge in [-0.2, -0.15) is 18.3 Å². The highest BCUT2D eigenvalue weighted by Crippen LogP contribution is 2.33. The number of nitrogens with one attached hydrogen (secondary N) is 1. The highest BCUT2D eigenvalue weighted by Gasteiger charge is 2.31. The number of aryl methyl sites for hydroxylation is 2. The van der Waals surface area contributed by atoms with Crippen molar-refractivity contribution in [3.05, 3.63) is 87.2 Å². The molecule has 0 aliphatic heterocycles. The lowest BCUT2D eigenvalue weighted by Gasteiger charge is -2.11. The Labute approximate surface area is 205 Å². The van der Waals surface area contributed by atoms with Gasteiger partial charge >= 0.3 is 12.1 Å². The standard InChI is InChI=1S/C25H23ClF3N3O3/c1-15-4-6-18(7-5-15)13-32-17(3)20(16(2)31-32)9-11-24(34)35-14-23(33)30-22-12-19(25(27,28)29)8-10-21(22)26/h4-12H,13-14H2,1-3H3,(H,30,33). The molecule has 184 valence electrons. The Balaban J connectivity index is 1.59. The summed E-state index contributed by atoms with van der Waals surface area (Å²) >= 11 is 5.85. The number of anilines is 1. The molecule has 10 heteroatoms. The largest absolute Gasteiger partial charge is 0.452 e. The van der Waals surface area contributed by atoms with E-state index in [-0.39, 0.29) is 10.7 Å². The van der Waals surface area contributed by atoms with Gasteiger partial charge in [0.15, 0.2) is 6.61 Å². The fourth-order valence-corrected chi connectivity index (χ4v) is 3.46. The van der Waals surface area contributed by atoms with Crippen molar-refractivity contribution >= 4 is 35.2 Å². The van der Waals surface area contributed by atoms with Crippen molar-refractivity contribution < 1.29 is 27.5 Å². The summed E-state index contributed by atoms with van der Waals surface area (Å²) in [7, 11) is 0. The Hall–Kier alpha value is -3.59. The third-order valence-corrected chi connectivity index (χ3v) is 5.52. The number of rotatable bonds is 7. The first-order valence-corrected chi connectivity index (χ1v) is 10.9. The molecule has 0 saturated heterocycles. The van der Waals surface area contributed by atoms with Gasteiger partial charge in [0.2, 0.25) is 0 Å². The smallest absolute Gasteiger partial charge is 0.416 e. The van der Waals surface area contributed by atoms with Crippen LogP contribution in [0.25, 0.3) is 6.08 Å². The third-order valence-electron chi connectivity index (χ3n) is 5.19. The molecule has 3 rings (SSSR count). The van der Waals surface area contributed by atoms with E-state index in [4.69, 9.17) is 16.3 Å². The predicted molar refractivity (Wildman–Crippen MR) is 127 cm³/mol. The lowest BCUT2D eigenvalue weighted by molar-refractivity contribution is -0.142. The maximum atomic E-state index is 12.9. The molecule has 35 heavy (non-hydrogen) atoms. The van der Waals surface area contributed by atoms with Gasteiger partial charge in [-0.05, 0) is 50.6 Å². The molecule has 3 aromatic rings. The van der Waals surface area contributed by atoms with Crippen LogP contribution in [0.5, 0.6) is 0 Å². The van der Waals surface area contributed by atoms with Crippen LogP contribution in [0.15, 0.2) is 48.5 Å². The lowest BCUT2D eigenvalue weighted by atomic mass is 10.1. The minimum absolute atomic E-state index is 0.0776. The number of alkyl halides is 3. The van der Waals surface area contributed by atoms with E-state index in [1.165, 1.54) is 0 Å². The summed E-state index contributed by atoms with van der Waals surface area (Å²) < 4.78 is 45.3. The average Bonchev–Trinajstić information content (AvgIpc) is 3.05. The number of carbonyl (C=O) groups is 2. The number of halogens is 4. The van der Waals surface area contributed by atoms with Crippen LogP contribution >= 0.6 is 11.6 Å². The maximum absolute atomic E-state index is 12.9. The van der Waals surface area contributed by atoms with Gasteiger partial charge in [-0.3, -0.25) is 9.48 Å². The molecule has 0 radical (unpaired) electrons. The zero-order valence-electron chi connectivity index (χ0n) is 19.2. The summed E-state index contributed by atoms with van der Waals surface area (Å²) in [5.41, 5.74) is 3.36. The molecule has 1 N–H and O–H groups in total. The second kappa shape index (κ2) is 10.8. The first kappa shape index (κ1) is 26.0. The normalized spacial score (nSPS) is 11.6. The first-order valence-electron chi connectivity index (χ1n) is 10.5. The number of amides is 1. The van der Waals surface area contributed by atoms with Gasteiger partial charge in [-0.25, -0.2) is 4.79 Å². The zero-order chi connectivity index (χ0) is 25.8. The van der Waals surface area contributed by atoms with Crippen molar-refractivity contribution in [2.75, 3.05) is 11.9 Å². The third kappa shape index (κ3) is 6.95. The van der Waals surface area contributed by atoms with E-state index >= 15 is 0 Å². The first-order chi connectivity index (χ1) is 16.4. The SMILES string of the molecule is Cc1ccc(Cn2nc(C)c(C=CC(=O)OCC(=O)Nc3cc(C(F)(F)F)ccc3Cl)c2C)cc1. The molecule has 0 aliphatic carbocycles. The predicted octanol–water partition coefficient (Wildman–Crippen LogP) is 5.72. The number of hydrogen-bond donors (Lipinski definition) is 1. The van der Waals surface area contributed by atoms with E-state index in [9.17, 15) is 22.8 Å². The second-order valence-corrected chi connectivity index (χ2v) is 8.32. The molecule has 1 amide bonds. The molecule has 1 aromatic heterocycles. The highest BCUT2D eigenvalue weighted by atomic mass is 35.5. The van der Waals surface area contributed by atoms with Crippen LogP contribution in [0.1, 0.15) is 33.6 Å². The Morgan fingerprint density at radius 3 is 2.46 bits per heavy atom. The minimum Gasteiger partial charge on any atom is -0.452 e. The number of ether oxygens (including phenoxy) is 1. The molecular weight excluding hydrogens is 483 g/mol. The Kier molecular flexibility index (Phi) is 8.01. The summed E-state index contributed by atoms with van der Waals surface area (Å²) in [6.07, 6.45) is -1.88. The Bertz CT molecular complexity index is 1270. The summed E-state index contributed by atoms with van der Waals surface area (Å²) in [6.45, 7) is 5.59. The topological polar surface area (TPSA) is 73.2 Å². The molecule has 0 spiro atoms. The quantitative estimate of drug-likeness (QED) is 0.329. The van der Waals surface area contributed by atoms with Crippen LogP contribution in [-0.4, -0.2) is 28.3 Å². The van der Waals surface area contributed by atoms with Gasteiger partial charge < -0.3 is 10.1 Å². The number of benzene rings is 2. The summed E-state index contributed by atoms with van der Waals surface area (Å²) in [5.74, 6) is -1.62. The van der Waals surface area contributed by atoms with Gasteiger partial charge in [-0.15, -0.1) is 0 Å². The molecule has 0 fully saturated rings. The molecule has 0 bridgehead atoms. The van der Waals surface area contributed by atoms with E-state index in [0.717, 1.165) is 46.3 Å². The van der Waals surface area contributed by atoms with Crippen LogP contribution in [0.4, 0.5) is 18.9 Å². The van der Waals surface area contributed by atoms with Crippen molar-refractivity contribution in [2.24, 2.45) is 0 Å². The molecule has 0 atom stereocenters. The highest BCUT2D eigenvalue weighted by molar-refractivity contribution is 6.33. The van der Waals surface area contributed by atoms with Gasteiger partial charge in [0, 0.05) is 17.3 Å². The molecule has 0 aliphatic rings. The van der Waals surface area contributed by atoms with E-state index in [1.807, 2.05) is 49.7 Å². The minimum atomic E-state index is -4.59. The lowest BCUT2D eigenvalue weighted by Crippen LogP contribution is -2.20. The summed E-state index contributed by atoms with van der Waals surface area (Å²) in [6, 6.07) is 10.6. The number of aromatic nitrogens is 2. The number of hydrogen-bond acceptors (Lipinski definition) is 4. The molecule has 1 heterocycles. The van der Waals surface area contributed by atoms with Crippen molar-refractivity contribution in [1.82, 2.24) is 9.78 Å². The van der Waals surface area contributed by atoms with Crippen LogP contribution in [0, 0.1) is 20.8 Å². The van der Waals surface area contributed by atoms with Gasteiger partial charge in [-0.1, -0.05) is 41.4 Å². The van der Waals surface area contributed by atoms with Crippen molar-refractivity contribution in [2.45, 2.75) is 33.5 Å². The molecule has 6 nitrogen and oxygen atoms in total. The number of nitrogens with zero attached hydrogens (tertiary/aromatic N) is 2. The average molecular weight is 506 g/mol. The van der Waals surface area contributed by atoms with E-state index in [2.05, 4.69) is 10.4 Å². The maximum Gasteiger partial charge on any atom is 0.416 e. The van der Waals surface area contributed by atoms with E-state index < -0.39 is 30.2 Å². The Morgan fingerprint density at radius 1 is 1.11 bits per heavy atom. The summed E-state index contributed by atoms with van der Waals surface area (Å²) in [4.78, 5) is 24.1. The fraction of sp³-hybridized carbons (Fsp3) is 0.240. The van der Waals surface area contributed by atoms with Gasteiger partial charge in [0.25, 0.3) is 5.91 Å². The van der Waals surface area contributed by atoms with E-state index in [0.29, 0.717) is 12.6 Å². The van der Waals surface area contributed by atoms with Crippen molar-refractivity contribution in [1.29, 1.82) is 0 Å². The monoisotopic (exact) mass is 505 g/mol. The number of carbonyl (C=O) groups excluding carboxylic acids is 2. The van der Waals surface area contributed by atoms with Crippen LogP contribution in [-0.2, 0) is 27.0 Å². The fourth-order valence-electron chi connectivity index (χ4n) is 3.29. The molecule has 0 saturated carbocycles.